The van der Waals surface area contributed by atoms with Crippen LogP contribution in [0.25, 0.3) is 0 Å². The van der Waals surface area contributed by atoms with Crippen molar-refractivity contribution in [1.29, 1.82) is 0 Å². The topological polar surface area (TPSA) is 103 Å². The molecule has 0 saturated carbocycles. The van der Waals surface area contributed by atoms with Crippen molar-refractivity contribution < 1.29 is 14.7 Å². The molecule has 4 N–H and O–H groups in total. The van der Waals surface area contributed by atoms with Crippen molar-refractivity contribution in [2.24, 2.45) is 0 Å². The van der Waals surface area contributed by atoms with Gasteiger partial charge in [-0.15, -0.1) is 0 Å². The van der Waals surface area contributed by atoms with E-state index in [2.05, 4.69) is 41.7 Å². The predicted molar refractivity (Wildman–Crippen MR) is 125 cm³/mol. The van der Waals surface area contributed by atoms with Gasteiger partial charge in [0.25, 0.3) is 5.91 Å². The molecule has 0 aliphatic heterocycles. The molecule has 0 aliphatic rings. The SMILES string of the molecule is Cc1ccc(O)c(C)c1NC(=O)c1cnc(NC(=O)Nc2ccc(C(C)(C)C)cc2)s1. The molecular weight excluding hydrogens is 412 g/mol. The molecule has 1 aromatic heterocycles. The Morgan fingerprint density at radius 1 is 0.968 bits per heavy atom. The van der Waals surface area contributed by atoms with E-state index in [-0.39, 0.29) is 17.1 Å². The van der Waals surface area contributed by atoms with Gasteiger partial charge in [0.15, 0.2) is 5.13 Å². The number of phenols is 1. The molecule has 0 atom stereocenters. The third-order valence-corrected chi connectivity index (χ3v) is 5.75. The van der Waals surface area contributed by atoms with Crippen molar-refractivity contribution in [3.05, 3.63) is 64.2 Å². The van der Waals surface area contributed by atoms with E-state index in [9.17, 15) is 14.7 Å². The second kappa shape index (κ2) is 8.77. The summed E-state index contributed by atoms with van der Waals surface area (Å²) in [6, 6.07) is 10.5. The summed E-state index contributed by atoms with van der Waals surface area (Å²) < 4.78 is 0. The van der Waals surface area contributed by atoms with Crippen LogP contribution < -0.4 is 16.0 Å². The van der Waals surface area contributed by atoms with Crippen LogP contribution >= 0.6 is 11.3 Å². The van der Waals surface area contributed by atoms with Crippen LogP contribution in [0.4, 0.5) is 21.3 Å². The third kappa shape index (κ3) is 5.40. The van der Waals surface area contributed by atoms with Crippen LogP contribution in [0.2, 0.25) is 0 Å². The summed E-state index contributed by atoms with van der Waals surface area (Å²) in [6.45, 7) is 9.96. The monoisotopic (exact) mass is 438 g/mol. The van der Waals surface area contributed by atoms with Crippen molar-refractivity contribution in [1.82, 2.24) is 4.98 Å². The Labute approximate surface area is 185 Å². The minimum atomic E-state index is -0.440. The fraction of sp³-hybridized carbons (Fsp3) is 0.261. The van der Waals surface area contributed by atoms with E-state index in [0.29, 0.717) is 26.9 Å². The number of anilines is 3. The number of hydrogen-bond acceptors (Lipinski definition) is 5. The summed E-state index contributed by atoms with van der Waals surface area (Å²) >= 11 is 1.06. The minimum Gasteiger partial charge on any atom is -0.508 e. The van der Waals surface area contributed by atoms with Crippen LogP contribution in [0.15, 0.2) is 42.6 Å². The number of benzene rings is 2. The van der Waals surface area contributed by atoms with Crippen LogP contribution in [-0.2, 0) is 5.41 Å². The molecule has 7 nitrogen and oxygen atoms in total. The van der Waals surface area contributed by atoms with Gasteiger partial charge in [-0.2, -0.15) is 0 Å². The largest absolute Gasteiger partial charge is 0.508 e. The maximum atomic E-state index is 12.6. The number of rotatable bonds is 4. The fourth-order valence-electron chi connectivity index (χ4n) is 2.95. The molecule has 0 spiro atoms. The predicted octanol–water partition coefficient (Wildman–Crippen LogP) is 5.66. The number of carbonyl (C=O) groups excluding carboxylic acids is 2. The van der Waals surface area contributed by atoms with E-state index >= 15 is 0 Å². The molecule has 3 aromatic rings. The van der Waals surface area contributed by atoms with Crippen LogP contribution in [-0.4, -0.2) is 22.0 Å². The second-order valence-electron chi connectivity index (χ2n) is 8.29. The molecule has 2 aromatic carbocycles. The Balaban J connectivity index is 1.62. The van der Waals surface area contributed by atoms with E-state index in [1.165, 1.54) is 11.8 Å². The molecular formula is C23H26N4O3S. The number of thiazole rings is 1. The van der Waals surface area contributed by atoms with Crippen molar-refractivity contribution >= 4 is 39.8 Å². The summed E-state index contributed by atoms with van der Waals surface area (Å²) in [7, 11) is 0. The van der Waals surface area contributed by atoms with Gasteiger partial charge in [0, 0.05) is 11.3 Å². The lowest BCUT2D eigenvalue weighted by atomic mass is 9.87. The first kappa shape index (κ1) is 22.3. The molecule has 1 heterocycles. The standard InChI is InChI=1S/C23H26N4O3S/c1-13-6-11-17(28)14(2)19(13)26-20(29)18-12-24-22(31-18)27-21(30)25-16-9-7-15(8-10-16)23(3,4)5/h6-12,28H,1-5H3,(H,26,29)(H2,24,25,27,30). The number of aryl methyl sites for hydroxylation is 1. The summed E-state index contributed by atoms with van der Waals surface area (Å²) in [5.41, 5.74) is 3.86. The Kier molecular flexibility index (Phi) is 6.31. The Hall–Kier alpha value is -3.39. The van der Waals surface area contributed by atoms with Crippen LogP contribution in [0.1, 0.15) is 47.1 Å². The first-order valence-corrected chi connectivity index (χ1v) is 10.6. The Bertz CT molecular complexity index is 1110. The summed E-state index contributed by atoms with van der Waals surface area (Å²) in [5.74, 6) is -0.250. The van der Waals surface area contributed by atoms with Gasteiger partial charge in [0.2, 0.25) is 0 Å². The number of urea groups is 1. The van der Waals surface area contributed by atoms with Crippen molar-refractivity contribution in [2.45, 2.75) is 40.0 Å². The zero-order valence-corrected chi connectivity index (χ0v) is 19.0. The number of carbonyl (C=O) groups is 2. The van der Waals surface area contributed by atoms with Crippen molar-refractivity contribution in [3.8, 4) is 5.75 Å². The summed E-state index contributed by atoms with van der Waals surface area (Å²) in [6.07, 6.45) is 1.40. The lowest BCUT2D eigenvalue weighted by molar-refractivity contribution is 0.103. The highest BCUT2D eigenvalue weighted by Crippen LogP contribution is 2.29. The van der Waals surface area contributed by atoms with Gasteiger partial charge in [-0.1, -0.05) is 50.3 Å². The Morgan fingerprint density at radius 3 is 2.29 bits per heavy atom. The molecule has 0 radical (unpaired) electrons. The summed E-state index contributed by atoms with van der Waals surface area (Å²) in [4.78, 5) is 29.3. The van der Waals surface area contributed by atoms with Gasteiger partial charge in [0.1, 0.15) is 10.6 Å². The van der Waals surface area contributed by atoms with Crippen molar-refractivity contribution in [3.63, 3.8) is 0 Å². The highest BCUT2D eigenvalue weighted by atomic mass is 32.1. The summed E-state index contributed by atoms with van der Waals surface area (Å²) in [5, 5.41) is 18.4. The highest BCUT2D eigenvalue weighted by Gasteiger charge is 2.16. The quantitative estimate of drug-likeness (QED) is 0.422. The normalized spacial score (nSPS) is 11.1. The number of hydrogen-bond donors (Lipinski definition) is 4. The Morgan fingerprint density at radius 2 is 1.65 bits per heavy atom. The average Bonchev–Trinajstić information content (AvgIpc) is 3.16. The first-order valence-electron chi connectivity index (χ1n) is 9.79. The maximum Gasteiger partial charge on any atom is 0.325 e. The molecule has 3 rings (SSSR count). The van der Waals surface area contributed by atoms with Gasteiger partial charge in [0.05, 0.1) is 11.9 Å². The van der Waals surface area contributed by atoms with E-state index in [1.807, 2.05) is 31.2 Å². The third-order valence-electron chi connectivity index (χ3n) is 4.84. The second-order valence-corrected chi connectivity index (χ2v) is 9.32. The lowest BCUT2D eigenvalue weighted by Crippen LogP contribution is -2.19. The molecule has 0 saturated heterocycles. The number of phenolic OH excluding ortho intramolecular Hbond substituents is 1. The molecule has 162 valence electrons. The van der Waals surface area contributed by atoms with E-state index in [1.54, 1.807) is 19.1 Å². The molecule has 31 heavy (non-hydrogen) atoms. The molecule has 0 bridgehead atoms. The molecule has 0 aliphatic carbocycles. The van der Waals surface area contributed by atoms with Crippen molar-refractivity contribution in [2.75, 3.05) is 16.0 Å². The zero-order valence-electron chi connectivity index (χ0n) is 18.2. The van der Waals surface area contributed by atoms with Crippen LogP contribution in [0.3, 0.4) is 0 Å². The minimum absolute atomic E-state index is 0.0359. The number of aromatic nitrogens is 1. The molecule has 0 unspecified atom stereocenters. The van der Waals surface area contributed by atoms with Gasteiger partial charge < -0.3 is 15.7 Å². The number of nitrogens with zero attached hydrogens (tertiary/aromatic N) is 1. The number of amides is 3. The maximum absolute atomic E-state index is 12.6. The van der Waals surface area contributed by atoms with E-state index in [4.69, 9.17) is 0 Å². The lowest BCUT2D eigenvalue weighted by Gasteiger charge is -2.19. The van der Waals surface area contributed by atoms with E-state index < -0.39 is 6.03 Å². The molecule has 8 heteroatoms. The highest BCUT2D eigenvalue weighted by molar-refractivity contribution is 7.17. The van der Waals surface area contributed by atoms with Gasteiger partial charge >= 0.3 is 6.03 Å². The number of nitrogens with one attached hydrogen (secondary N) is 3. The van der Waals surface area contributed by atoms with Gasteiger partial charge in [-0.25, -0.2) is 9.78 Å². The number of aromatic hydroxyl groups is 1. The van der Waals surface area contributed by atoms with E-state index in [0.717, 1.165) is 16.9 Å². The van der Waals surface area contributed by atoms with Gasteiger partial charge in [-0.3, -0.25) is 10.1 Å². The van der Waals surface area contributed by atoms with Gasteiger partial charge in [-0.05, 0) is 48.6 Å². The molecule has 3 amide bonds. The van der Waals surface area contributed by atoms with Crippen LogP contribution in [0.5, 0.6) is 5.75 Å². The van der Waals surface area contributed by atoms with Crippen LogP contribution in [0, 0.1) is 13.8 Å². The average molecular weight is 439 g/mol. The first-order chi connectivity index (χ1) is 14.5. The molecule has 0 fully saturated rings. The smallest absolute Gasteiger partial charge is 0.325 e. The zero-order chi connectivity index (χ0) is 22.8. The fourth-order valence-corrected chi connectivity index (χ4v) is 3.66.